The molecule has 0 aliphatic heterocycles. The molecule has 1 rings (SSSR count). The van der Waals surface area contributed by atoms with Gasteiger partial charge in [-0.25, -0.2) is 4.98 Å². The van der Waals surface area contributed by atoms with Gasteiger partial charge in [0.15, 0.2) is 0 Å². The first-order valence-electron chi connectivity index (χ1n) is 4.81. The van der Waals surface area contributed by atoms with Crippen molar-refractivity contribution in [3.63, 3.8) is 0 Å². The average molecular weight is 179 g/mol. The summed E-state index contributed by atoms with van der Waals surface area (Å²) in [5, 5.41) is 3.35. The summed E-state index contributed by atoms with van der Waals surface area (Å²) in [7, 11) is 0. The average Bonchev–Trinajstić information content (AvgIpc) is 2.14. The van der Waals surface area contributed by atoms with Gasteiger partial charge in [0.25, 0.3) is 0 Å². The van der Waals surface area contributed by atoms with Crippen molar-refractivity contribution in [3.05, 3.63) is 18.1 Å². The maximum atomic E-state index is 4.34. The number of nitrogens with zero attached hydrogens (tertiary/aromatic N) is 2. The molecule has 0 radical (unpaired) electrons. The van der Waals surface area contributed by atoms with Gasteiger partial charge >= 0.3 is 0 Å². The number of rotatable bonds is 4. The second-order valence-electron chi connectivity index (χ2n) is 3.20. The molecule has 1 heterocycles. The van der Waals surface area contributed by atoms with Crippen molar-refractivity contribution in [1.82, 2.24) is 9.97 Å². The fraction of sp³-hybridized carbons (Fsp3) is 0.600. The summed E-state index contributed by atoms with van der Waals surface area (Å²) in [6.07, 6.45) is 5.77. The van der Waals surface area contributed by atoms with Crippen LogP contribution < -0.4 is 5.32 Å². The zero-order chi connectivity index (χ0) is 9.68. The van der Waals surface area contributed by atoms with E-state index in [2.05, 4.69) is 29.1 Å². The molecule has 0 saturated heterocycles. The van der Waals surface area contributed by atoms with Gasteiger partial charge in [-0.3, -0.25) is 4.98 Å². The number of hydrogen-bond acceptors (Lipinski definition) is 3. The molecular weight excluding hydrogens is 162 g/mol. The Kier molecular flexibility index (Phi) is 3.68. The van der Waals surface area contributed by atoms with E-state index in [9.17, 15) is 0 Å². The zero-order valence-electron chi connectivity index (χ0n) is 8.54. The summed E-state index contributed by atoms with van der Waals surface area (Å²) >= 11 is 0. The number of aryl methyl sites for hydroxylation is 1. The van der Waals surface area contributed by atoms with E-state index in [0.717, 1.165) is 24.4 Å². The van der Waals surface area contributed by atoms with Crippen molar-refractivity contribution in [3.8, 4) is 0 Å². The topological polar surface area (TPSA) is 37.8 Å². The normalized spacial score (nSPS) is 10.5. The molecule has 0 amide bonds. The third-order valence-electron chi connectivity index (χ3n) is 2.09. The van der Waals surface area contributed by atoms with Gasteiger partial charge in [-0.1, -0.05) is 13.8 Å². The molecule has 0 unspecified atom stereocenters. The largest absolute Gasteiger partial charge is 0.366 e. The number of nitrogens with one attached hydrogen (secondary N) is 1. The van der Waals surface area contributed by atoms with Gasteiger partial charge < -0.3 is 5.32 Å². The van der Waals surface area contributed by atoms with Gasteiger partial charge in [-0.15, -0.1) is 0 Å². The lowest BCUT2D eigenvalue weighted by Crippen LogP contribution is -2.18. The van der Waals surface area contributed by atoms with Crippen LogP contribution in [0.1, 0.15) is 32.4 Å². The summed E-state index contributed by atoms with van der Waals surface area (Å²) < 4.78 is 0. The molecule has 0 bridgehead atoms. The Morgan fingerprint density at radius 1 is 1.31 bits per heavy atom. The van der Waals surface area contributed by atoms with Crippen molar-refractivity contribution >= 4 is 5.82 Å². The van der Waals surface area contributed by atoms with E-state index in [4.69, 9.17) is 0 Å². The fourth-order valence-corrected chi connectivity index (χ4v) is 1.23. The molecule has 0 fully saturated rings. The van der Waals surface area contributed by atoms with Crippen LogP contribution in [0.5, 0.6) is 0 Å². The van der Waals surface area contributed by atoms with Crippen molar-refractivity contribution in [1.29, 1.82) is 0 Å². The van der Waals surface area contributed by atoms with E-state index in [1.165, 1.54) is 0 Å². The first-order chi connectivity index (χ1) is 6.26. The van der Waals surface area contributed by atoms with Crippen LogP contribution in [-0.4, -0.2) is 16.0 Å². The van der Waals surface area contributed by atoms with Crippen molar-refractivity contribution < 1.29 is 0 Å². The predicted molar refractivity (Wildman–Crippen MR) is 54.8 cm³/mol. The minimum Gasteiger partial charge on any atom is -0.366 e. The van der Waals surface area contributed by atoms with Gasteiger partial charge in [0, 0.05) is 12.2 Å². The van der Waals surface area contributed by atoms with Gasteiger partial charge in [-0.05, 0) is 19.8 Å². The number of anilines is 1. The van der Waals surface area contributed by atoms with Crippen LogP contribution >= 0.6 is 0 Å². The first-order valence-corrected chi connectivity index (χ1v) is 4.81. The van der Waals surface area contributed by atoms with E-state index in [0.29, 0.717) is 6.04 Å². The Bertz CT molecular complexity index is 256. The van der Waals surface area contributed by atoms with Crippen molar-refractivity contribution in [2.45, 2.75) is 39.7 Å². The van der Waals surface area contributed by atoms with Crippen LogP contribution in [0.2, 0.25) is 0 Å². The monoisotopic (exact) mass is 179 g/mol. The summed E-state index contributed by atoms with van der Waals surface area (Å²) in [5.41, 5.74) is 0.955. The fourth-order valence-electron chi connectivity index (χ4n) is 1.23. The van der Waals surface area contributed by atoms with E-state index in [-0.39, 0.29) is 0 Å². The minimum absolute atomic E-state index is 0.510. The van der Waals surface area contributed by atoms with E-state index in [1.807, 2.05) is 6.92 Å². The molecule has 0 spiro atoms. The lowest BCUT2D eigenvalue weighted by molar-refractivity contribution is 0.667. The summed E-state index contributed by atoms with van der Waals surface area (Å²) in [6.45, 7) is 6.29. The highest BCUT2D eigenvalue weighted by Gasteiger charge is 2.03. The lowest BCUT2D eigenvalue weighted by atomic mass is 10.2. The summed E-state index contributed by atoms with van der Waals surface area (Å²) in [4.78, 5) is 8.42. The van der Waals surface area contributed by atoms with Crippen molar-refractivity contribution in [2.75, 3.05) is 5.32 Å². The molecule has 0 aliphatic carbocycles. The lowest BCUT2D eigenvalue weighted by Gasteiger charge is -2.14. The highest BCUT2D eigenvalue weighted by atomic mass is 15.0. The Morgan fingerprint density at radius 3 is 2.54 bits per heavy atom. The number of aromatic nitrogens is 2. The molecule has 1 aromatic heterocycles. The second kappa shape index (κ2) is 4.80. The van der Waals surface area contributed by atoms with Crippen LogP contribution in [0.15, 0.2) is 12.4 Å². The molecule has 0 atom stereocenters. The SMILES string of the molecule is CCC(CC)Nc1cncc(C)n1. The number of hydrogen-bond donors (Lipinski definition) is 1. The quantitative estimate of drug-likeness (QED) is 0.771. The van der Waals surface area contributed by atoms with Gasteiger partial charge in [0.05, 0.1) is 11.9 Å². The highest BCUT2D eigenvalue weighted by Crippen LogP contribution is 2.07. The van der Waals surface area contributed by atoms with Crippen LogP contribution in [0.25, 0.3) is 0 Å². The zero-order valence-corrected chi connectivity index (χ0v) is 8.54. The molecular formula is C10H17N3. The van der Waals surface area contributed by atoms with Gasteiger partial charge in [0.1, 0.15) is 5.82 Å². The van der Waals surface area contributed by atoms with Crippen LogP contribution in [-0.2, 0) is 0 Å². The minimum atomic E-state index is 0.510. The van der Waals surface area contributed by atoms with Crippen LogP contribution in [0, 0.1) is 6.92 Å². The Labute approximate surface area is 79.6 Å². The van der Waals surface area contributed by atoms with Gasteiger partial charge in [0.2, 0.25) is 0 Å². The Morgan fingerprint density at radius 2 is 2.00 bits per heavy atom. The molecule has 0 aromatic carbocycles. The molecule has 3 nitrogen and oxygen atoms in total. The summed E-state index contributed by atoms with van der Waals surface area (Å²) in [6, 6.07) is 0.510. The van der Waals surface area contributed by atoms with Crippen molar-refractivity contribution in [2.24, 2.45) is 0 Å². The van der Waals surface area contributed by atoms with E-state index >= 15 is 0 Å². The standard InChI is InChI=1S/C10H17N3/c1-4-9(5-2)13-10-7-11-6-8(3)12-10/h6-7,9H,4-5H2,1-3H3,(H,12,13). The van der Waals surface area contributed by atoms with E-state index < -0.39 is 0 Å². The second-order valence-corrected chi connectivity index (χ2v) is 3.20. The first kappa shape index (κ1) is 9.96. The van der Waals surface area contributed by atoms with Gasteiger partial charge in [-0.2, -0.15) is 0 Å². The van der Waals surface area contributed by atoms with E-state index in [1.54, 1.807) is 12.4 Å². The molecule has 0 aliphatic rings. The maximum absolute atomic E-state index is 4.34. The Hall–Kier alpha value is -1.12. The van der Waals surface area contributed by atoms with Crippen LogP contribution in [0.4, 0.5) is 5.82 Å². The predicted octanol–water partition coefficient (Wildman–Crippen LogP) is 2.39. The Balaban J connectivity index is 2.62. The highest BCUT2D eigenvalue weighted by molar-refractivity contribution is 5.32. The van der Waals surface area contributed by atoms with Crippen LogP contribution in [0.3, 0.4) is 0 Å². The smallest absolute Gasteiger partial charge is 0.145 e. The maximum Gasteiger partial charge on any atom is 0.145 e. The summed E-state index contributed by atoms with van der Waals surface area (Å²) in [5.74, 6) is 0.883. The third kappa shape index (κ3) is 3.01. The third-order valence-corrected chi connectivity index (χ3v) is 2.09. The molecule has 13 heavy (non-hydrogen) atoms. The molecule has 0 saturated carbocycles. The molecule has 3 heteroatoms. The molecule has 1 aromatic rings. The molecule has 1 N–H and O–H groups in total. The molecule has 72 valence electrons.